The van der Waals surface area contributed by atoms with Crippen LogP contribution < -0.4 is 5.32 Å². The van der Waals surface area contributed by atoms with Crippen LogP contribution in [0.15, 0.2) is 0 Å². The van der Waals surface area contributed by atoms with E-state index in [1.807, 2.05) is 0 Å². The summed E-state index contributed by atoms with van der Waals surface area (Å²) >= 11 is 0. The highest BCUT2D eigenvalue weighted by molar-refractivity contribution is 7.46. The summed E-state index contributed by atoms with van der Waals surface area (Å²) in [4.78, 5) is 41.1. The molecule has 0 aromatic carbocycles. The first kappa shape index (κ1) is 56.0. The molecule has 0 aromatic heterocycles. The summed E-state index contributed by atoms with van der Waals surface area (Å²) < 4.78 is 36.2. The topological polar surface area (TPSA) is 192 Å². The first-order valence-electron chi connectivity index (χ1n) is 25.7. The number of hydrogen-bond donors (Lipinski definition) is 6. The van der Waals surface area contributed by atoms with Crippen LogP contribution in [0.1, 0.15) is 245 Å². The van der Waals surface area contributed by atoms with Crippen molar-refractivity contribution in [3.63, 3.8) is 0 Å². The van der Waals surface area contributed by atoms with Gasteiger partial charge in [-0.05, 0) is 25.2 Å². The monoisotopic (exact) mass is 893 g/mol. The Bertz CT molecular complexity index is 1120. The lowest BCUT2D eigenvalue weighted by Crippen LogP contribution is -2.65. The maximum Gasteiger partial charge on any atom is 0.470 e. The second-order valence-corrected chi connectivity index (χ2v) is 19.3. The van der Waals surface area contributed by atoms with Crippen molar-refractivity contribution in [2.75, 3.05) is 6.61 Å². The van der Waals surface area contributed by atoms with Crippen molar-refractivity contribution in [3.8, 4) is 0 Å². The number of amides is 1. The molecule has 362 valence electrons. The summed E-state index contributed by atoms with van der Waals surface area (Å²) in [6, 6.07) is -1.47. The summed E-state index contributed by atoms with van der Waals surface area (Å²) in [7, 11) is -5.05. The van der Waals surface area contributed by atoms with Gasteiger partial charge in [0.1, 0.15) is 18.2 Å². The Morgan fingerprint density at radius 3 is 1.43 bits per heavy atom. The number of carbonyl (C=O) groups excluding carboxylic acids is 2. The van der Waals surface area contributed by atoms with E-state index in [9.17, 15) is 34.4 Å². The Morgan fingerprint density at radius 1 is 0.639 bits per heavy atom. The number of nitrogens with one attached hydrogen (secondary N) is 1. The largest absolute Gasteiger partial charge is 0.470 e. The fourth-order valence-electron chi connectivity index (χ4n) is 8.69. The molecule has 0 spiro atoms. The summed E-state index contributed by atoms with van der Waals surface area (Å²) in [5.41, 5.74) is 0. The fourth-order valence-corrected chi connectivity index (χ4v) is 9.26. The normalized spacial score (nSPS) is 21.4. The van der Waals surface area contributed by atoms with Gasteiger partial charge in [-0.2, -0.15) is 0 Å². The Balaban J connectivity index is 2.89. The molecule has 1 saturated heterocycles. The van der Waals surface area contributed by atoms with E-state index in [2.05, 4.69) is 31.0 Å². The van der Waals surface area contributed by atoms with Crippen LogP contribution in [0.25, 0.3) is 0 Å². The molecule has 1 amide bonds. The van der Waals surface area contributed by atoms with E-state index in [0.717, 1.165) is 77.0 Å². The highest BCUT2D eigenvalue weighted by Crippen LogP contribution is 2.42. The average molecular weight is 893 g/mol. The van der Waals surface area contributed by atoms with E-state index >= 15 is 0 Å². The molecule has 61 heavy (non-hydrogen) atoms. The maximum absolute atomic E-state index is 13.8. The average Bonchev–Trinajstić information content (AvgIpc) is 3.24. The smallest absolute Gasteiger partial charge is 0.457 e. The molecular weight excluding hydrogens is 797 g/mol. The van der Waals surface area contributed by atoms with Crippen LogP contribution in [-0.4, -0.2) is 81.8 Å². The first-order valence-corrected chi connectivity index (χ1v) is 26.8. The third-order valence-corrected chi connectivity index (χ3v) is 12.9. The molecule has 3 unspecified atom stereocenters. The van der Waals surface area contributed by atoms with Crippen LogP contribution in [0.3, 0.4) is 0 Å². The predicted molar refractivity (Wildman–Crippen MR) is 245 cm³/mol. The van der Waals surface area contributed by atoms with Gasteiger partial charge in [-0.25, -0.2) is 4.57 Å². The number of unbranched alkanes of at least 4 members (excludes halogenated alkanes) is 27. The molecule has 0 aromatic rings. The van der Waals surface area contributed by atoms with Gasteiger partial charge in [0.25, 0.3) is 0 Å². The van der Waals surface area contributed by atoms with E-state index in [1.165, 1.54) is 128 Å². The van der Waals surface area contributed by atoms with E-state index in [1.54, 1.807) is 0 Å². The highest BCUT2D eigenvalue weighted by atomic mass is 31.2. The molecule has 1 rings (SSSR count). The molecular formula is C48H94NO11P. The predicted octanol–water partition coefficient (Wildman–Crippen LogP) is 11.3. The maximum atomic E-state index is 13.8. The number of esters is 1. The molecule has 1 aliphatic rings. The van der Waals surface area contributed by atoms with Crippen LogP contribution in [0.4, 0.5) is 0 Å². The minimum Gasteiger partial charge on any atom is -0.457 e. The summed E-state index contributed by atoms with van der Waals surface area (Å²) in [5.74, 6) is -1.27. The lowest BCUT2D eigenvalue weighted by Gasteiger charge is -2.43. The van der Waals surface area contributed by atoms with Gasteiger partial charge in [-0.1, -0.05) is 213 Å². The van der Waals surface area contributed by atoms with Gasteiger partial charge in [0.15, 0.2) is 12.4 Å². The van der Waals surface area contributed by atoms with Gasteiger partial charge in [0, 0.05) is 6.42 Å². The molecule has 1 fully saturated rings. The zero-order valence-electron chi connectivity index (χ0n) is 40.1. The van der Waals surface area contributed by atoms with E-state index in [0.29, 0.717) is 6.42 Å². The number of carbonyl (C=O) groups is 2. The molecule has 13 heteroatoms. The quantitative estimate of drug-likeness (QED) is 0.0194. The number of phosphoric acid groups is 1. The van der Waals surface area contributed by atoms with Crippen LogP contribution in [0.2, 0.25) is 0 Å². The minimum atomic E-state index is -5.05. The van der Waals surface area contributed by atoms with Gasteiger partial charge >= 0.3 is 13.8 Å². The SMILES string of the molecule is [2H]OP(=O)(O)O[C@H]1[C@H](OC(=O)CC(CCCCCCCCC)CCCCCCCCCCCCCCCC)[C@@H](NC(=O)C[C@H](O)CCCCCCCCCCC)C(O)O[C@@H]1CO. The second kappa shape index (κ2) is 38.2. The molecule has 0 bridgehead atoms. The van der Waals surface area contributed by atoms with E-state index in [-0.39, 0.29) is 18.8 Å². The Morgan fingerprint density at radius 2 is 1.03 bits per heavy atom. The van der Waals surface area contributed by atoms with Crippen LogP contribution in [-0.2, 0) is 28.2 Å². The van der Waals surface area contributed by atoms with Crippen LogP contribution >= 0.6 is 7.82 Å². The molecule has 8 atom stereocenters. The third-order valence-electron chi connectivity index (χ3n) is 12.4. The Hall–Kier alpha value is -1.11. The molecule has 6 N–H and O–H groups in total. The molecule has 0 radical (unpaired) electrons. The summed E-state index contributed by atoms with van der Waals surface area (Å²) in [5, 5.41) is 34.4. The van der Waals surface area contributed by atoms with Crippen molar-refractivity contribution >= 4 is 19.7 Å². The van der Waals surface area contributed by atoms with E-state index in [4.69, 9.17) is 15.4 Å². The lowest BCUT2D eigenvalue weighted by molar-refractivity contribution is -0.256. The van der Waals surface area contributed by atoms with Crippen molar-refractivity contribution in [1.29, 1.82) is 1.43 Å². The van der Waals surface area contributed by atoms with Crippen molar-refractivity contribution in [2.45, 2.75) is 282 Å². The van der Waals surface area contributed by atoms with Gasteiger partial charge in [-0.3, -0.25) is 14.1 Å². The molecule has 0 saturated carbocycles. The number of phosphoric ester groups is 1. The molecule has 1 aliphatic heterocycles. The van der Waals surface area contributed by atoms with Gasteiger partial charge in [0.2, 0.25) is 7.34 Å². The molecule has 0 aliphatic carbocycles. The zero-order valence-corrected chi connectivity index (χ0v) is 40.0. The lowest BCUT2D eigenvalue weighted by atomic mass is 9.91. The summed E-state index contributed by atoms with van der Waals surface area (Å²) in [6.07, 6.45) is 30.2. The number of aliphatic hydroxyl groups excluding tert-OH is 3. The number of hydrogen-bond acceptors (Lipinski definition) is 10. The number of ether oxygens (including phenoxy) is 2. The van der Waals surface area contributed by atoms with Crippen molar-refractivity contribution < 1.29 is 53.3 Å². The van der Waals surface area contributed by atoms with Crippen molar-refractivity contribution in [1.82, 2.24) is 5.32 Å². The van der Waals surface area contributed by atoms with Gasteiger partial charge < -0.3 is 39.9 Å². The van der Waals surface area contributed by atoms with Crippen LogP contribution in [0.5, 0.6) is 0 Å². The number of aliphatic hydroxyl groups is 3. The first-order chi connectivity index (χ1) is 30.0. The highest BCUT2D eigenvalue weighted by Gasteiger charge is 2.51. The Labute approximate surface area is 373 Å². The number of rotatable bonds is 43. The van der Waals surface area contributed by atoms with E-state index < -0.39 is 63.1 Å². The Kier molecular flexibility index (Phi) is 35.1. The van der Waals surface area contributed by atoms with Gasteiger partial charge in [0.05, 0.1) is 19.1 Å². The third kappa shape index (κ3) is 31.4. The molecule has 12 nitrogen and oxygen atoms in total. The van der Waals surface area contributed by atoms with Gasteiger partial charge in [-0.15, -0.1) is 0 Å². The summed E-state index contributed by atoms with van der Waals surface area (Å²) in [6.45, 7) is 5.85. The minimum absolute atomic E-state index is 0.0259. The fraction of sp³-hybridized carbons (Fsp3) is 0.958. The standard InChI is InChI=1S/C48H94NO11P/c1-4-7-10-13-16-18-19-20-21-22-24-26-29-32-35-40(34-31-28-25-15-12-9-6-3)37-44(53)59-47-45(48(54)58-42(39-50)46(47)60-61(55,56)57)49-43(52)38-41(51)36-33-30-27-23-17-14-11-8-5-2/h40-42,45-48,50-51,54H,4-39H2,1-3H3,(H,49,52)(H2,55,56,57)/t40?,41-,42-,45-,46-,47-,48?/m1/s1/i/hD. The van der Waals surface area contributed by atoms with Crippen molar-refractivity contribution in [2.24, 2.45) is 5.92 Å². The zero-order chi connectivity index (χ0) is 45.7. The van der Waals surface area contributed by atoms with Crippen molar-refractivity contribution in [3.05, 3.63) is 0 Å². The molecule has 1 heterocycles. The van der Waals surface area contributed by atoms with Crippen LogP contribution in [0, 0.1) is 5.92 Å². The second-order valence-electron chi connectivity index (χ2n) is 18.2.